The minimum Gasteiger partial charge on any atom is -0.496 e. The zero-order valence-electron chi connectivity index (χ0n) is 12.7. The number of hydrogen-bond donors (Lipinski definition) is 1. The Morgan fingerprint density at radius 1 is 1.05 bits per heavy atom. The van der Waals surface area contributed by atoms with Crippen LogP contribution in [0.15, 0.2) is 36.7 Å². The first-order chi connectivity index (χ1) is 10.3. The molecule has 1 unspecified atom stereocenters. The molecular weight excluding hydrogens is 266 g/mol. The molecule has 0 fully saturated rings. The summed E-state index contributed by atoms with van der Waals surface area (Å²) in [5.74, 6) is 2.22. The van der Waals surface area contributed by atoms with Crippen molar-refractivity contribution in [3.05, 3.63) is 48.0 Å². The first-order valence-electron chi connectivity index (χ1n) is 7.03. The van der Waals surface area contributed by atoms with Crippen molar-refractivity contribution in [2.75, 3.05) is 20.8 Å². The molecular formula is C16H21N3O2. The molecule has 0 radical (unpaired) electrons. The number of ether oxygens (including phenoxy) is 2. The summed E-state index contributed by atoms with van der Waals surface area (Å²) in [6, 6.07) is 7.38. The predicted octanol–water partition coefficient (Wildman–Crippen LogP) is 2.58. The van der Waals surface area contributed by atoms with E-state index in [9.17, 15) is 0 Å². The van der Waals surface area contributed by atoms with Gasteiger partial charge in [0.15, 0.2) is 0 Å². The maximum atomic E-state index is 5.49. The summed E-state index contributed by atoms with van der Waals surface area (Å²) in [5, 5.41) is 3.47. The van der Waals surface area contributed by atoms with E-state index in [1.54, 1.807) is 32.7 Å². The van der Waals surface area contributed by atoms with Crippen molar-refractivity contribution in [3.63, 3.8) is 0 Å². The number of rotatable bonds is 7. The Balaban J connectivity index is 2.50. The quantitative estimate of drug-likeness (QED) is 0.848. The van der Waals surface area contributed by atoms with Crippen molar-refractivity contribution in [2.24, 2.45) is 0 Å². The molecule has 0 spiro atoms. The van der Waals surface area contributed by atoms with Crippen LogP contribution in [0.1, 0.15) is 30.8 Å². The number of methoxy groups -OCH3 is 2. The van der Waals surface area contributed by atoms with Crippen molar-refractivity contribution in [1.29, 1.82) is 0 Å². The van der Waals surface area contributed by atoms with E-state index in [0.717, 1.165) is 30.0 Å². The molecule has 112 valence electrons. The fraction of sp³-hybridized carbons (Fsp3) is 0.375. The molecule has 21 heavy (non-hydrogen) atoms. The summed E-state index contributed by atoms with van der Waals surface area (Å²) in [6.45, 7) is 2.97. The summed E-state index contributed by atoms with van der Waals surface area (Å²) < 4.78 is 11.0. The minimum atomic E-state index is -0.169. The van der Waals surface area contributed by atoms with E-state index in [2.05, 4.69) is 22.2 Å². The van der Waals surface area contributed by atoms with Crippen molar-refractivity contribution < 1.29 is 9.47 Å². The zero-order valence-corrected chi connectivity index (χ0v) is 12.7. The van der Waals surface area contributed by atoms with Crippen LogP contribution in [0.25, 0.3) is 0 Å². The molecule has 2 aromatic rings. The van der Waals surface area contributed by atoms with Gasteiger partial charge >= 0.3 is 0 Å². The van der Waals surface area contributed by atoms with Crippen LogP contribution >= 0.6 is 0 Å². The number of nitrogens with zero attached hydrogens (tertiary/aromatic N) is 2. The van der Waals surface area contributed by atoms with Gasteiger partial charge in [0, 0.05) is 12.4 Å². The summed E-state index contributed by atoms with van der Waals surface area (Å²) in [7, 11) is 3.31. The zero-order chi connectivity index (χ0) is 15.1. The Morgan fingerprint density at radius 3 is 2.19 bits per heavy atom. The van der Waals surface area contributed by atoms with Gasteiger partial charge in [-0.05, 0) is 31.2 Å². The van der Waals surface area contributed by atoms with Gasteiger partial charge in [-0.15, -0.1) is 0 Å². The fourth-order valence-corrected chi connectivity index (χ4v) is 2.24. The van der Waals surface area contributed by atoms with Gasteiger partial charge < -0.3 is 14.8 Å². The van der Waals surface area contributed by atoms with Gasteiger partial charge in [0.1, 0.15) is 23.4 Å². The lowest BCUT2D eigenvalue weighted by Gasteiger charge is -2.22. The molecule has 0 aliphatic rings. The molecule has 1 heterocycles. The molecule has 1 aromatic carbocycles. The highest BCUT2D eigenvalue weighted by molar-refractivity contribution is 5.49. The molecule has 0 saturated carbocycles. The number of aromatic nitrogens is 2. The van der Waals surface area contributed by atoms with Gasteiger partial charge in [-0.2, -0.15) is 0 Å². The Labute approximate surface area is 125 Å². The maximum Gasteiger partial charge on any atom is 0.149 e. The number of hydrogen-bond acceptors (Lipinski definition) is 5. The van der Waals surface area contributed by atoms with Crippen LogP contribution in [0, 0.1) is 0 Å². The highest BCUT2D eigenvalue weighted by Crippen LogP contribution is 2.36. The normalized spacial score (nSPS) is 12.0. The third-order valence-electron chi connectivity index (χ3n) is 3.20. The molecule has 1 N–H and O–H groups in total. The monoisotopic (exact) mass is 287 g/mol. The van der Waals surface area contributed by atoms with Crippen molar-refractivity contribution in [3.8, 4) is 11.5 Å². The largest absolute Gasteiger partial charge is 0.496 e. The Morgan fingerprint density at radius 2 is 1.67 bits per heavy atom. The number of nitrogens with one attached hydrogen (secondary N) is 1. The van der Waals surface area contributed by atoms with Crippen LogP contribution in [0.5, 0.6) is 11.5 Å². The van der Waals surface area contributed by atoms with Crippen molar-refractivity contribution in [2.45, 2.75) is 19.4 Å². The van der Waals surface area contributed by atoms with Crippen LogP contribution in [-0.2, 0) is 0 Å². The van der Waals surface area contributed by atoms with E-state index in [4.69, 9.17) is 9.47 Å². The van der Waals surface area contributed by atoms with Crippen LogP contribution in [0.3, 0.4) is 0 Å². The standard InChI is InChI=1S/C16H21N3O2/c1-4-9-17-15(16-18-10-6-11-19-16)14-12(20-2)7-5-8-13(14)21-3/h5-8,10-11,15,17H,4,9H2,1-3H3. The summed E-state index contributed by atoms with van der Waals surface area (Å²) in [6.07, 6.45) is 4.50. The van der Waals surface area contributed by atoms with Crippen molar-refractivity contribution >= 4 is 0 Å². The lowest BCUT2D eigenvalue weighted by molar-refractivity contribution is 0.375. The van der Waals surface area contributed by atoms with E-state index in [1.165, 1.54) is 0 Å². The second-order valence-electron chi connectivity index (χ2n) is 4.57. The van der Waals surface area contributed by atoms with Gasteiger partial charge in [0.05, 0.1) is 19.8 Å². The second kappa shape index (κ2) is 7.59. The van der Waals surface area contributed by atoms with Crippen LogP contribution < -0.4 is 14.8 Å². The summed E-state index contributed by atoms with van der Waals surface area (Å²) >= 11 is 0. The Kier molecular flexibility index (Phi) is 5.51. The maximum absolute atomic E-state index is 5.49. The smallest absolute Gasteiger partial charge is 0.149 e. The second-order valence-corrected chi connectivity index (χ2v) is 4.57. The van der Waals surface area contributed by atoms with Crippen LogP contribution in [-0.4, -0.2) is 30.7 Å². The van der Waals surface area contributed by atoms with Gasteiger partial charge in [-0.25, -0.2) is 9.97 Å². The van der Waals surface area contributed by atoms with Gasteiger partial charge in [-0.3, -0.25) is 0 Å². The van der Waals surface area contributed by atoms with Gasteiger partial charge in [-0.1, -0.05) is 13.0 Å². The third kappa shape index (κ3) is 3.49. The van der Waals surface area contributed by atoms with E-state index < -0.39 is 0 Å². The van der Waals surface area contributed by atoms with E-state index in [0.29, 0.717) is 5.82 Å². The molecule has 0 amide bonds. The van der Waals surface area contributed by atoms with E-state index in [1.807, 2.05) is 18.2 Å². The summed E-state index contributed by atoms with van der Waals surface area (Å²) in [4.78, 5) is 8.75. The topological polar surface area (TPSA) is 56.3 Å². The molecule has 5 heteroatoms. The third-order valence-corrected chi connectivity index (χ3v) is 3.20. The molecule has 0 aliphatic carbocycles. The van der Waals surface area contributed by atoms with E-state index >= 15 is 0 Å². The first kappa shape index (κ1) is 15.3. The lowest BCUT2D eigenvalue weighted by Crippen LogP contribution is -2.26. The van der Waals surface area contributed by atoms with Gasteiger partial charge in [0.2, 0.25) is 0 Å². The molecule has 0 saturated heterocycles. The lowest BCUT2D eigenvalue weighted by atomic mass is 10.0. The molecule has 0 aliphatic heterocycles. The van der Waals surface area contributed by atoms with Gasteiger partial charge in [0.25, 0.3) is 0 Å². The summed E-state index contributed by atoms with van der Waals surface area (Å²) in [5.41, 5.74) is 0.919. The predicted molar refractivity (Wildman–Crippen MR) is 81.7 cm³/mol. The molecule has 1 atom stereocenters. The molecule has 0 bridgehead atoms. The average molecular weight is 287 g/mol. The van der Waals surface area contributed by atoms with Crippen molar-refractivity contribution in [1.82, 2.24) is 15.3 Å². The molecule has 5 nitrogen and oxygen atoms in total. The minimum absolute atomic E-state index is 0.169. The molecule has 1 aromatic heterocycles. The number of benzene rings is 1. The SMILES string of the molecule is CCCNC(c1ncccn1)c1c(OC)cccc1OC. The highest BCUT2D eigenvalue weighted by Gasteiger charge is 2.24. The highest BCUT2D eigenvalue weighted by atomic mass is 16.5. The Hall–Kier alpha value is -2.14. The Bertz CT molecular complexity index is 538. The average Bonchev–Trinajstić information content (AvgIpc) is 2.56. The van der Waals surface area contributed by atoms with Crippen LogP contribution in [0.2, 0.25) is 0 Å². The first-order valence-corrected chi connectivity index (χ1v) is 7.03. The van der Waals surface area contributed by atoms with Crippen LogP contribution in [0.4, 0.5) is 0 Å². The molecule has 2 rings (SSSR count). The fourth-order valence-electron chi connectivity index (χ4n) is 2.24. The van der Waals surface area contributed by atoms with E-state index in [-0.39, 0.29) is 6.04 Å².